The molecule has 0 saturated heterocycles. The average molecular weight is 294 g/mol. The molecular formula is C14H18N2O5. The third kappa shape index (κ3) is 5.52. The van der Waals surface area contributed by atoms with E-state index in [1.165, 1.54) is 24.1 Å². The van der Waals surface area contributed by atoms with Gasteiger partial charge in [-0.2, -0.15) is 0 Å². The molecule has 0 aliphatic carbocycles. The maximum Gasteiger partial charge on any atom is 0.335 e. The lowest BCUT2D eigenvalue weighted by atomic mass is 10.1. The number of urea groups is 1. The first kappa shape index (κ1) is 16.5. The number of esters is 1. The number of carboxylic acids is 1. The van der Waals surface area contributed by atoms with Gasteiger partial charge < -0.3 is 20.1 Å². The summed E-state index contributed by atoms with van der Waals surface area (Å²) in [5.74, 6) is -1.47. The number of nitrogens with zero attached hydrogens (tertiary/aromatic N) is 1. The van der Waals surface area contributed by atoms with Gasteiger partial charge in [0.25, 0.3) is 0 Å². The second-order valence-corrected chi connectivity index (χ2v) is 4.32. The van der Waals surface area contributed by atoms with Crippen LogP contribution in [0.1, 0.15) is 22.8 Å². The number of hydrogen-bond acceptors (Lipinski definition) is 4. The molecule has 0 aliphatic rings. The molecule has 2 N–H and O–H groups in total. The second-order valence-electron chi connectivity index (χ2n) is 4.32. The Labute approximate surface area is 122 Å². The van der Waals surface area contributed by atoms with E-state index < -0.39 is 18.0 Å². The fourth-order valence-electron chi connectivity index (χ4n) is 1.55. The molecule has 0 radical (unpaired) electrons. The minimum Gasteiger partial charge on any atom is -0.478 e. The Morgan fingerprint density at radius 2 is 1.86 bits per heavy atom. The van der Waals surface area contributed by atoms with Crippen molar-refractivity contribution in [2.45, 2.75) is 13.5 Å². The number of benzene rings is 1. The van der Waals surface area contributed by atoms with Gasteiger partial charge in [-0.1, -0.05) is 12.1 Å². The van der Waals surface area contributed by atoms with Crippen LogP contribution in [-0.4, -0.2) is 48.2 Å². The lowest BCUT2D eigenvalue weighted by Crippen LogP contribution is -2.40. The van der Waals surface area contributed by atoms with E-state index in [0.717, 1.165) is 5.56 Å². The molecule has 21 heavy (non-hydrogen) atoms. The Balaban J connectivity index is 2.45. The van der Waals surface area contributed by atoms with E-state index in [2.05, 4.69) is 5.32 Å². The molecule has 0 atom stereocenters. The van der Waals surface area contributed by atoms with Gasteiger partial charge in [0, 0.05) is 13.6 Å². The molecule has 2 amide bonds. The van der Waals surface area contributed by atoms with Crippen LogP contribution in [0.15, 0.2) is 24.3 Å². The van der Waals surface area contributed by atoms with Crippen LogP contribution in [0.3, 0.4) is 0 Å². The Bertz CT molecular complexity index is 513. The van der Waals surface area contributed by atoms with Crippen LogP contribution >= 0.6 is 0 Å². The zero-order valence-corrected chi connectivity index (χ0v) is 12.0. The van der Waals surface area contributed by atoms with Gasteiger partial charge in [-0.25, -0.2) is 9.59 Å². The highest BCUT2D eigenvalue weighted by Crippen LogP contribution is 2.04. The van der Waals surface area contributed by atoms with Gasteiger partial charge in [0.1, 0.15) is 6.54 Å². The van der Waals surface area contributed by atoms with Crippen LogP contribution in [0.5, 0.6) is 0 Å². The van der Waals surface area contributed by atoms with Gasteiger partial charge in [0.2, 0.25) is 0 Å². The largest absolute Gasteiger partial charge is 0.478 e. The summed E-state index contributed by atoms with van der Waals surface area (Å²) < 4.78 is 4.74. The number of carboxylic acid groups (broad SMARTS) is 1. The minimum absolute atomic E-state index is 0.127. The van der Waals surface area contributed by atoms with Crippen LogP contribution < -0.4 is 5.32 Å². The van der Waals surface area contributed by atoms with Gasteiger partial charge in [-0.05, 0) is 24.6 Å². The smallest absolute Gasteiger partial charge is 0.335 e. The summed E-state index contributed by atoms with van der Waals surface area (Å²) >= 11 is 0. The molecule has 0 aromatic heterocycles. The first-order chi connectivity index (χ1) is 9.93. The van der Waals surface area contributed by atoms with E-state index in [1.54, 1.807) is 19.1 Å². The van der Waals surface area contributed by atoms with Crippen LogP contribution in [0.4, 0.5) is 4.79 Å². The topological polar surface area (TPSA) is 95.9 Å². The summed E-state index contributed by atoms with van der Waals surface area (Å²) in [6.07, 6.45) is 0. The number of carbonyl (C=O) groups excluding carboxylic acids is 2. The standard InChI is InChI=1S/C14H18N2O5/c1-3-21-12(17)9-16(2)14(20)15-8-10-4-6-11(7-5-10)13(18)19/h4-7H,3,8-9H2,1-2H3,(H,15,20)(H,18,19). The molecule has 1 aromatic carbocycles. The minimum atomic E-state index is -1.00. The van der Waals surface area contributed by atoms with E-state index in [4.69, 9.17) is 9.84 Å². The van der Waals surface area contributed by atoms with Crippen LogP contribution in [0.2, 0.25) is 0 Å². The molecule has 0 saturated carbocycles. The SMILES string of the molecule is CCOC(=O)CN(C)C(=O)NCc1ccc(C(=O)O)cc1. The number of amides is 2. The normalized spacial score (nSPS) is 9.81. The molecule has 7 nitrogen and oxygen atoms in total. The zero-order valence-electron chi connectivity index (χ0n) is 12.0. The van der Waals surface area contributed by atoms with Crippen LogP contribution in [-0.2, 0) is 16.1 Å². The van der Waals surface area contributed by atoms with Crippen molar-refractivity contribution in [1.29, 1.82) is 0 Å². The van der Waals surface area contributed by atoms with Gasteiger partial charge in [-0.15, -0.1) is 0 Å². The van der Waals surface area contributed by atoms with Crippen molar-refractivity contribution in [1.82, 2.24) is 10.2 Å². The van der Waals surface area contributed by atoms with Crippen molar-refractivity contribution in [3.05, 3.63) is 35.4 Å². The van der Waals surface area contributed by atoms with E-state index in [0.29, 0.717) is 0 Å². The van der Waals surface area contributed by atoms with Gasteiger partial charge >= 0.3 is 18.0 Å². The number of rotatable bonds is 6. The van der Waals surface area contributed by atoms with Gasteiger partial charge in [0.05, 0.1) is 12.2 Å². The molecule has 0 unspecified atom stereocenters. The van der Waals surface area contributed by atoms with Gasteiger partial charge in [-0.3, -0.25) is 4.79 Å². The Morgan fingerprint density at radius 3 is 2.38 bits per heavy atom. The quantitative estimate of drug-likeness (QED) is 0.766. The molecule has 114 valence electrons. The second kappa shape index (κ2) is 7.88. The highest BCUT2D eigenvalue weighted by Gasteiger charge is 2.13. The highest BCUT2D eigenvalue weighted by molar-refractivity contribution is 5.87. The van der Waals surface area contributed by atoms with Crippen molar-refractivity contribution in [3.63, 3.8) is 0 Å². The maximum absolute atomic E-state index is 11.7. The first-order valence-corrected chi connectivity index (χ1v) is 6.40. The summed E-state index contributed by atoms with van der Waals surface area (Å²) in [4.78, 5) is 34.9. The maximum atomic E-state index is 11.7. The number of likely N-dealkylation sites (N-methyl/N-ethyl adjacent to an activating group) is 1. The summed E-state index contributed by atoms with van der Waals surface area (Å²) in [7, 11) is 1.49. The van der Waals surface area contributed by atoms with Crippen molar-refractivity contribution in [2.24, 2.45) is 0 Å². The molecule has 0 heterocycles. The molecule has 1 aromatic rings. The van der Waals surface area contributed by atoms with E-state index in [1.807, 2.05) is 0 Å². The third-order valence-electron chi connectivity index (χ3n) is 2.66. The zero-order chi connectivity index (χ0) is 15.8. The molecule has 7 heteroatoms. The number of carbonyl (C=O) groups is 3. The molecule has 0 aliphatic heterocycles. The van der Waals surface area contributed by atoms with Crippen molar-refractivity contribution in [2.75, 3.05) is 20.2 Å². The predicted molar refractivity (Wildman–Crippen MR) is 74.9 cm³/mol. The molecule has 0 spiro atoms. The van der Waals surface area contributed by atoms with Gasteiger partial charge in [0.15, 0.2) is 0 Å². The summed E-state index contributed by atoms with van der Waals surface area (Å²) in [6, 6.07) is 5.76. The van der Waals surface area contributed by atoms with E-state index in [-0.39, 0.29) is 25.3 Å². The summed E-state index contributed by atoms with van der Waals surface area (Å²) in [5, 5.41) is 11.4. The van der Waals surface area contributed by atoms with Crippen molar-refractivity contribution >= 4 is 18.0 Å². The Hall–Kier alpha value is -2.57. The Kier molecular flexibility index (Phi) is 6.19. The monoisotopic (exact) mass is 294 g/mol. The number of aromatic carboxylic acids is 1. The summed E-state index contributed by atoms with van der Waals surface area (Å²) in [6.45, 7) is 2.08. The molecule has 0 fully saturated rings. The molecular weight excluding hydrogens is 276 g/mol. The number of hydrogen-bond donors (Lipinski definition) is 2. The highest BCUT2D eigenvalue weighted by atomic mass is 16.5. The lowest BCUT2D eigenvalue weighted by Gasteiger charge is -2.16. The average Bonchev–Trinajstić information content (AvgIpc) is 2.45. The molecule has 0 bridgehead atoms. The van der Waals surface area contributed by atoms with E-state index >= 15 is 0 Å². The first-order valence-electron chi connectivity index (χ1n) is 6.40. The number of ether oxygens (including phenoxy) is 1. The fraction of sp³-hybridized carbons (Fsp3) is 0.357. The van der Waals surface area contributed by atoms with Crippen LogP contribution in [0.25, 0.3) is 0 Å². The van der Waals surface area contributed by atoms with Crippen molar-refractivity contribution in [3.8, 4) is 0 Å². The summed E-state index contributed by atoms with van der Waals surface area (Å²) in [5.41, 5.74) is 0.947. The predicted octanol–water partition coefficient (Wildman–Crippen LogP) is 1.09. The van der Waals surface area contributed by atoms with Crippen LogP contribution in [0, 0.1) is 0 Å². The third-order valence-corrected chi connectivity index (χ3v) is 2.66. The van der Waals surface area contributed by atoms with E-state index in [9.17, 15) is 14.4 Å². The Morgan fingerprint density at radius 1 is 1.24 bits per heavy atom. The number of nitrogens with one attached hydrogen (secondary N) is 1. The molecule has 1 rings (SSSR count). The van der Waals surface area contributed by atoms with Crippen molar-refractivity contribution < 1.29 is 24.2 Å². The fourth-order valence-corrected chi connectivity index (χ4v) is 1.55. The lowest BCUT2D eigenvalue weighted by molar-refractivity contribution is -0.143.